The van der Waals surface area contributed by atoms with Gasteiger partial charge in [-0.1, -0.05) is 29.8 Å². The van der Waals surface area contributed by atoms with E-state index in [2.05, 4.69) is 4.98 Å². The fourth-order valence-corrected chi connectivity index (χ4v) is 3.31. The van der Waals surface area contributed by atoms with Gasteiger partial charge in [0.1, 0.15) is 11.3 Å². The summed E-state index contributed by atoms with van der Waals surface area (Å²) < 4.78 is 11.5. The molecule has 0 atom stereocenters. The Labute approximate surface area is 152 Å². The number of ether oxygens (including phenoxy) is 1. The number of aromatic nitrogens is 1. The molecule has 1 fully saturated rings. The van der Waals surface area contributed by atoms with E-state index in [0.29, 0.717) is 13.1 Å². The second-order valence-electron chi connectivity index (χ2n) is 6.78. The Kier molecular flexibility index (Phi) is 4.61. The van der Waals surface area contributed by atoms with Gasteiger partial charge >= 0.3 is 0 Å². The molecular formula is C21H22N2O3. The zero-order valence-electron chi connectivity index (χ0n) is 14.9. The van der Waals surface area contributed by atoms with E-state index in [0.717, 1.165) is 35.6 Å². The van der Waals surface area contributed by atoms with E-state index in [1.54, 1.807) is 0 Å². The van der Waals surface area contributed by atoms with Crippen molar-refractivity contribution in [3.8, 4) is 5.75 Å². The van der Waals surface area contributed by atoms with Gasteiger partial charge in [-0.05, 0) is 44.0 Å². The average molecular weight is 350 g/mol. The zero-order chi connectivity index (χ0) is 17.9. The number of aryl methyl sites for hydroxylation is 1. The topological polar surface area (TPSA) is 55.6 Å². The molecule has 1 aliphatic heterocycles. The Bertz CT molecular complexity index is 860. The maximum Gasteiger partial charge on any atom is 0.260 e. The van der Waals surface area contributed by atoms with Crippen LogP contribution in [0.1, 0.15) is 30.2 Å². The number of fused-ring (bicyclic) bond motifs is 1. The lowest BCUT2D eigenvalue weighted by Crippen LogP contribution is -2.40. The molecular weight excluding hydrogens is 328 g/mol. The maximum atomic E-state index is 12.4. The van der Waals surface area contributed by atoms with E-state index in [-0.39, 0.29) is 18.4 Å². The number of carbonyl (C=O) groups is 1. The standard InChI is InChI=1S/C21H22N2O3/c1-15-6-8-17(9-7-15)25-14-20(24)23-12-10-16(11-13-23)21-22-18-4-2-3-5-19(18)26-21/h2-9,16H,10-14H2,1H3. The van der Waals surface area contributed by atoms with E-state index in [1.807, 2.05) is 60.4 Å². The molecule has 5 nitrogen and oxygen atoms in total. The van der Waals surface area contributed by atoms with E-state index >= 15 is 0 Å². The summed E-state index contributed by atoms with van der Waals surface area (Å²) in [4.78, 5) is 18.8. The summed E-state index contributed by atoms with van der Waals surface area (Å²) in [5.41, 5.74) is 2.89. The molecule has 0 spiro atoms. The predicted octanol–water partition coefficient (Wildman–Crippen LogP) is 3.92. The molecule has 3 aromatic rings. The molecule has 1 amide bonds. The number of oxazole rings is 1. The molecule has 26 heavy (non-hydrogen) atoms. The number of amides is 1. The summed E-state index contributed by atoms with van der Waals surface area (Å²) >= 11 is 0. The lowest BCUT2D eigenvalue weighted by Gasteiger charge is -2.30. The van der Waals surface area contributed by atoms with Crippen molar-refractivity contribution in [1.82, 2.24) is 9.88 Å². The van der Waals surface area contributed by atoms with Crippen LogP contribution in [0.4, 0.5) is 0 Å². The van der Waals surface area contributed by atoms with Crippen molar-refractivity contribution < 1.29 is 13.9 Å². The first-order valence-corrected chi connectivity index (χ1v) is 9.02. The Balaban J connectivity index is 1.31. The molecule has 2 aromatic carbocycles. The molecule has 1 aliphatic rings. The second-order valence-corrected chi connectivity index (χ2v) is 6.78. The van der Waals surface area contributed by atoms with Gasteiger partial charge in [0.05, 0.1) is 0 Å². The van der Waals surface area contributed by atoms with Crippen LogP contribution in [-0.4, -0.2) is 35.5 Å². The average Bonchev–Trinajstić information content (AvgIpc) is 3.12. The van der Waals surface area contributed by atoms with Crippen LogP contribution in [0.3, 0.4) is 0 Å². The van der Waals surface area contributed by atoms with Crippen LogP contribution in [0, 0.1) is 6.92 Å². The smallest absolute Gasteiger partial charge is 0.260 e. The number of hydrogen-bond acceptors (Lipinski definition) is 4. The number of piperidine rings is 1. The number of nitrogens with zero attached hydrogens (tertiary/aromatic N) is 2. The van der Waals surface area contributed by atoms with Crippen molar-refractivity contribution in [2.75, 3.05) is 19.7 Å². The van der Waals surface area contributed by atoms with Crippen LogP contribution in [-0.2, 0) is 4.79 Å². The summed E-state index contributed by atoms with van der Waals surface area (Å²) in [6.07, 6.45) is 1.73. The monoisotopic (exact) mass is 350 g/mol. The highest BCUT2D eigenvalue weighted by molar-refractivity contribution is 5.78. The van der Waals surface area contributed by atoms with E-state index in [9.17, 15) is 4.79 Å². The lowest BCUT2D eigenvalue weighted by molar-refractivity contribution is -0.134. The van der Waals surface area contributed by atoms with Crippen LogP contribution in [0.15, 0.2) is 52.9 Å². The minimum Gasteiger partial charge on any atom is -0.484 e. The third-order valence-electron chi connectivity index (χ3n) is 4.89. The first-order valence-electron chi connectivity index (χ1n) is 9.02. The third-order valence-corrected chi connectivity index (χ3v) is 4.89. The Morgan fingerprint density at radius 1 is 1.15 bits per heavy atom. The van der Waals surface area contributed by atoms with Crippen LogP contribution in [0.2, 0.25) is 0 Å². The number of benzene rings is 2. The third kappa shape index (κ3) is 3.57. The SMILES string of the molecule is Cc1ccc(OCC(=O)N2CCC(c3nc4ccccc4o3)CC2)cc1. The predicted molar refractivity (Wildman–Crippen MR) is 99.2 cm³/mol. The van der Waals surface area contributed by atoms with Crippen LogP contribution < -0.4 is 4.74 Å². The molecule has 0 unspecified atom stereocenters. The zero-order valence-corrected chi connectivity index (χ0v) is 14.9. The van der Waals surface area contributed by atoms with E-state index in [1.165, 1.54) is 5.56 Å². The van der Waals surface area contributed by atoms with Crippen LogP contribution in [0.5, 0.6) is 5.75 Å². The molecule has 1 aromatic heterocycles. The van der Waals surface area contributed by atoms with Gasteiger partial charge in [0, 0.05) is 19.0 Å². The molecule has 5 heteroatoms. The summed E-state index contributed by atoms with van der Waals surface area (Å²) in [6.45, 7) is 3.52. The van der Waals surface area contributed by atoms with Gasteiger partial charge in [-0.3, -0.25) is 4.79 Å². The van der Waals surface area contributed by atoms with Gasteiger partial charge < -0.3 is 14.1 Å². The van der Waals surface area contributed by atoms with Crippen molar-refractivity contribution in [3.05, 3.63) is 60.0 Å². The molecule has 1 saturated heterocycles. The summed E-state index contributed by atoms with van der Waals surface area (Å²) in [5.74, 6) is 1.81. The largest absolute Gasteiger partial charge is 0.484 e. The van der Waals surface area contributed by atoms with Gasteiger partial charge in [-0.15, -0.1) is 0 Å². The highest BCUT2D eigenvalue weighted by Crippen LogP contribution is 2.29. The van der Waals surface area contributed by atoms with E-state index in [4.69, 9.17) is 9.15 Å². The fourth-order valence-electron chi connectivity index (χ4n) is 3.31. The number of likely N-dealkylation sites (tertiary alicyclic amines) is 1. The molecule has 0 N–H and O–H groups in total. The Morgan fingerprint density at radius 2 is 1.88 bits per heavy atom. The number of para-hydroxylation sites is 2. The van der Waals surface area contributed by atoms with Crippen molar-refractivity contribution in [2.45, 2.75) is 25.7 Å². The number of rotatable bonds is 4. The maximum absolute atomic E-state index is 12.4. The van der Waals surface area contributed by atoms with Crippen LogP contribution >= 0.6 is 0 Å². The summed E-state index contributed by atoms with van der Waals surface area (Å²) in [7, 11) is 0. The van der Waals surface area contributed by atoms with Crippen molar-refractivity contribution in [3.63, 3.8) is 0 Å². The van der Waals surface area contributed by atoms with Crippen molar-refractivity contribution in [1.29, 1.82) is 0 Å². The number of carbonyl (C=O) groups excluding carboxylic acids is 1. The molecule has 0 aliphatic carbocycles. The quantitative estimate of drug-likeness (QED) is 0.716. The molecule has 4 rings (SSSR count). The molecule has 0 saturated carbocycles. The Morgan fingerprint density at radius 3 is 2.62 bits per heavy atom. The highest BCUT2D eigenvalue weighted by Gasteiger charge is 2.27. The summed E-state index contributed by atoms with van der Waals surface area (Å²) in [6, 6.07) is 15.5. The first kappa shape index (κ1) is 16.6. The molecule has 0 radical (unpaired) electrons. The van der Waals surface area contributed by atoms with E-state index < -0.39 is 0 Å². The van der Waals surface area contributed by atoms with Crippen molar-refractivity contribution >= 4 is 17.0 Å². The minimum absolute atomic E-state index is 0.0293. The lowest BCUT2D eigenvalue weighted by atomic mass is 9.97. The molecule has 2 heterocycles. The fraction of sp³-hybridized carbons (Fsp3) is 0.333. The summed E-state index contributed by atoms with van der Waals surface area (Å²) in [5, 5.41) is 0. The van der Waals surface area contributed by atoms with Gasteiger partial charge in [0.2, 0.25) is 0 Å². The van der Waals surface area contributed by atoms with Crippen LogP contribution in [0.25, 0.3) is 11.1 Å². The molecule has 134 valence electrons. The normalized spacial score (nSPS) is 15.3. The first-order chi connectivity index (χ1) is 12.7. The Hall–Kier alpha value is -2.82. The minimum atomic E-state index is 0.0293. The van der Waals surface area contributed by atoms with Gasteiger partial charge in [-0.2, -0.15) is 0 Å². The van der Waals surface area contributed by atoms with Gasteiger partial charge in [0.15, 0.2) is 18.1 Å². The second kappa shape index (κ2) is 7.20. The van der Waals surface area contributed by atoms with Crippen molar-refractivity contribution in [2.24, 2.45) is 0 Å². The van der Waals surface area contributed by atoms with Gasteiger partial charge in [0.25, 0.3) is 5.91 Å². The number of hydrogen-bond donors (Lipinski definition) is 0. The highest BCUT2D eigenvalue weighted by atomic mass is 16.5. The molecule has 0 bridgehead atoms. The van der Waals surface area contributed by atoms with Gasteiger partial charge in [-0.25, -0.2) is 4.98 Å².